The van der Waals surface area contributed by atoms with Gasteiger partial charge in [0, 0.05) is 11.0 Å². The fourth-order valence-electron chi connectivity index (χ4n) is 0.976. The fraction of sp³-hybridized carbons (Fsp3) is 0.100. The smallest absolute Gasteiger partial charge is 0.199 e. The minimum atomic E-state index is -3.39. The lowest BCUT2D eigenvalue weighted by atomic mass is 10.2. The number of sulfone groups is 1. The molecule has 0 aliphatic carbocycles. The summed E-state index contributed by atoms with van der Waals surface area (Å²) >= 11 is 0. The SMILES string of the molecule is C=CS(=O)(=O)c1ccc(C(C)=O)cc1. The zero-order chi connectivity index (χ0) is 10.8. The largest absolute Gasteiger partial charge is 0.295 e. The first-order chi connectivity index (χ1) is 6.47. The van der Waals surface area contributed by atoms with E-state index in [1.54, 1.807) is 0 Å². The molecule has 0 radical (unpaired) electrons. The van der Waals surface area contributed by atoms with Gasteiger partial charge in [-0.05, 0) is 19.1 Å². The average Bonchev–Trinajstić information content (AvgIpc) is 2.18. The fourth-order valence-corrected chi connectivity index (χ4v) is 1.68. The van der Waals surface area contributed by atoms with Crippen LogP contribution in [0.5, 0.6) is 0 Å². The van der Waals surface area contributed by atoms with E-state index in [-0.39, 0.29) is 10.7 Å². The summed E-state index contributed by atoms with van der Waals surface area (Å²) in [5.74, 6) is -0.0902. The molecule has 0 saturated carbocycles. The van der Waals surface area contributed by atoms with Crippen molar-refractivity contribution in [2.24, 2.45) is 0 Å². The average molecular weight is 210 g/mol. The molecule has 0 saturated heterocycles. The monoisotopic (exact) mass is 210 g/mol. The first-order valence-electron chi connectivity index (χ1n) is 3.96. The van der Waals surface area contributed by atoms with Gasteiger partial charge in [0.15, 0.2) is 15.6 Å². The van der Waals surface area contributed by atoms with Gasteiger partial charge in [-0.2, -0.15) is 0 Å². The molecule has 0 unspecified atom stereocenters. The number of carbonyl (C=O) groups is 1. The summed E-state index contributed by atoms with van der Waals surface area (Å²) in [5, 5.41) is 0.885. The molecule has 0 bridgehead atoms. The Morgan fingerprint density at radius 3 is 2.14 bits per heavy atom. The third-order valence-electron chi connectivity index (χ3n) is 1.81. The minimum Gasteiger partial charge on any atom is -0.295 e. The molecule has 14 heavy (non-hydrogen) atoms. The Labute approximate surface area is 83.0 Å². The summed E-state index contributed by atoms with van der Waals surface area (Å²) in [6, 6.07) is 5.76. The number of carbonyl (C=O) groups excluding carboxylic acids is 1. The van der Waals surface area contributed by atoms with Gasteiger partial charge in [0.25, 0.3) is 0 Å². The van der Waals surface area contributed by atoms with Crippen LogP contribution in [0.2, 0.25) is 0 Å². The summed E-state index contributed by atoms with van der Waals surface area (Å²) in [5.41, 5.74) is 0.494. The van der Waals surface area contributed by atoms with E-state index in [0.29, 0.717) is 5.56 Å². The van der Waals surface area contributed by atoms with E-state index in [1.165, 1.54) is 31.2 Å². The predicted octanol–water partition coefficient (Wildman–Crippen LogP) is 1.81. The Balaban J connectivity index is 3.19. The van der Waals surface area contributed by atoms with Crippen LogP contribution in [0.3, 0.4) is 0 Å². The Kier molecular flexibility index (Phi) is 2.86. The predicted molar refractivity (Wildman–Crippen MR) is 53.8 cm³/mol. The Hall–Kier alpha value is -1.42. The summed E-state index contributed by atoms with van der Waals surface area (Å²) in [4.78, 5) is 11.1. The second-order valence-electron chi connectivity index (χ2n) is 2.79. The molecule has 4 heteroatoms. The van der Waals surface area contributed by atoms with Crippen LogP contribution in [-0.2, 0) is 9.84 Å². The second kappa shape index (κ2) is 3.75. The highest BCUT2D eigenvalue weighted by molar-refractivity contribution is 7.94. The van der Waals surface area contributed by atoms with Gasteiger partial charge < -0.3 is 0 Å². The molecule has 0 aliphatic rings. The lowest BCUT2D eigenvalue weighted by molar-refractivity contribution is 0.101. The lowest BCUT2D eigenvalue weighted by Crippen LogP contribution is -1.97. The third-order valence-corrected chi connectivity index (χ3v) is 3.18. The van der Waals surface area contributed by atoms with Crippen LogP contribution >= 0.6 is 0 Å². The molecule has 0 aromatic heterocycles. The van der Waals surface area contributed by atoms with Crippen LogP contribution in [0.25, 0.3) is 0 Å². The van der Waals surface area contributed by atoms with Crippen molar-refractivity contribution in [2.75, 3.05) is 0 Å². The maximum absolute atomic E-state index is 11.3. The van der Waals surface area contributed by atoms with Crippen molar-refractivity contribution in [3.8, 4) is 0 Å². The Morgan fingerprint density at radius 2 is 1.79 bits per heavy atom. The van der Waals surface area contributed by atoms with E-state index in [0.717, 1.165) is 5.41 Å². The molecular formula is C10H10O3S. The summed E-state index contributed by atoms with van der Waals surface area (Å²) in [6.45, 7) is 4.64. The van der Waals surface area contributed by atoms with E-state index in [9.17, 15) is 13.2 Å². The van der Waals surface area contributed by atoms with Crippen molar-refractivity contribution in [3.05, 3.63) is 41.8 Å². The van der Waals surface area contributed by atoms with Crippen molar-refractivity contribution in [1.82, 2.24) is 0 Å². The molecular weight excluding hydrogens is 200 g/mol. The van der Waals surface area contributed by atoms with E-state index < -0.39 is 9.84 Å². The topological polar surface area (TPSA) is 51.2 Å². The van der Waals surface area contributed by atoms with Gasteiger partial charge in [-0.3, -0.25) is 4.79 Å². The maximum Gasteiger partial charge on any atom is 0.199 e. The van der Waals surface area contributed by atoms with Gasteiger partial charge in [0.1, 0.15) is 0 Å². The molecule has 3 nitrogen and oxygen atoms in total. The summed E-state index contributed by atoms with van der Waals surface area (Å²) in [7, 11) is -3.39. The number of rotatable bonds is 3. The van der Waals surface area contributed by atoms with Crippen molar-refractivity contribution < 1.29 is 13.2 Å². The van der Waals surface area contributed by atoms with Gasteiger partial charge >= 0.3 is 0 Å². The van der Waals surface area contributed by atoms with Gasteiger partial charge in [-0.1, -0.05) is 18.7 Å². The van der Waals surface area contributed by atoms with Crippen LogP contribution < -0.4 is 0 Å². The number of hydrogen-bond donors (Lipinski definition) is 0. The standard InChI is InChI=1S/C10H10O3S/c1-3-14(12,13)10-6-4-9(5-7-10)8(2)11/h3-7H,1H2,2H3. The quantitative estimate of drug-likeness (QED) is 0.715. The molecule has 0 aliphatic heterocycles. The van der Waals surface area contributed by atoms with Crippen molar-refractivity contribution >= 4 is 15.6 Å². The number of benzene rings is 1. The normalized spacial score (nSPS) is 10.9. The van der Waals surface area contributed by atoms with Crippen LogP contribution in [0.4, 0.5) is 0 Å². The molecule has 0 spiro atoms. The van der Waals surface area contributed by atoms with Crippen LogP contribution in [0.1, 0.15) is 17.3 Å². The Bertz CT molecular complexity index is 455. The first kappa shape index (κ1) is 10.7. The summed E-state index contributed by atoms with van der Waals surface area (Å²) in [6.07, 6.45) is 0. The number of Topliss-reactive ketones (excluding diaryl/α,β-unsaturated/α-hetero) is 1. The highest BCUT2D eigenvalue weighted by Crippen LogP contribution is 2.12. The van der Waals surface area contributed by atoms with E-state index >= 15 is 0 Å². The highest BCUT2D eigenvalue weighted by Gasteiger charge is 2.09. The van der Waals surface area contributed by atoms with E-state index in [1.807, 2.05) is 0 Å². The summed E-state index contributed by atoms with van der Waals surface area (Å²) < 4.78 is 22.6. The van der Waals surface area contributed by atoms with E-state index in [2.05, 4.69) is 6.58 Å². The first-order valence-corrected chi connectivity index (χ1v) is 5.50. The molecule has 1 aromatic rings. The van der Waals surface area contributed by atoms with Gasteiger partial charge in [0.2, 0.25) is 0 Å². The Morgan fingerprint density at radius 1 is 1.29 bits per heavy atom. The molecule has 0 fully saturated rings. The molecule has 1 rings (SSSR count). The van der Waals surface area contributed by atoms with Crippen molar-refractivity contribution in [3.63, 3.8) is 0 Å². The molecule has 1 aromatic carbocycles. The number of ketones is 1. The maximum atomic E-state index is 11.3. The highest BCUT2D eigenvalue weighted by atomic mass is 32.2. The van der Waals surface area contributed by atoms with Gasteiger partial charge in [-0.15, -0.1) is 0 Å². The van der Waals surface area contributed by atoms with Gasteiger partial charge in [-0.25, -0.2) is 8.42 Å². The molecule has 0 N–H and O–H groups in total. The lowest BCUT2D eigenvalue weighted by Gasteiger charge is -1.99. The van der Waals surface area contributed by atoms with Crippen LogP contribution in [0, 0.1) is 0 Å². The minimum absolute atomic E-state index is 0.0902. The zero-order valence-electron chi connectivity index (χ0n) is 7.73. The molecule has 0 amide bonds. The zero-order valence-corrected chi connectivity index (χ0v) is 8.54. The van der Waals surface area contributed by atoms with Crippen molar-refractivity contribution in [1.29, 1.82) is 0 Å². The van der Waals surface area contributed by atoms with Crippen LogP contribution in [0.15, 0.2) is 41.1 Å². The van der Waals surface area contributed by atoms with E-state index in [4.69, 9.17) is 0 Å². The molecule has 74 valence electrons. The second-order valence-corrected chi connectivity index (χ2v) is 4.69. The van der Waals surface area contributed by atoms with Crippen LogP contribution in [-0.4, -0.2) is 14.2 Å². The van der Waals surface area contributed by atoms with Crippen molar-refractivity contribution in [2.45, 2.75) is 11.8 Å². The number of hydrogen-bond acceptors (Lipinski definition) is 3. The third kappa shape index (κ3) is 2.09. The van der Waals surface area contributed by atoms with Gasteiger partial charge in [0.05, 0.1) is 4.90 Å². The molecule has 0 atom stereocenters. The molecule has 0 heterocycles.